The van der Waals surface area contributed by atoms with Gasteiger partial charge in [-0.05, 0) is 45.1 Å². The largest absolute Gasteiger partial charge is 0.359 e. The lowest BCUT2D eigenvalue weighted by molar-refractivity contribution is 0.719. The van der Waals surface area contributed by atoms with E-state index in [1.54, 1.807) is 6.20 Å². The number of thiocarbonyl (C=S) groups is 1. The van der Waals surface area contributed by atoms with E-state index in [1.165, 1.54) is 0 Å². The fourth-order valence-electron chi connectivity index (χ4n) is 1.06. The lowest BCUT2D eigenvalue weighted by atomic mass is 10.3. The third kappa shape index (κ3) is 4.35. The number of nitrogens with zero attached hydrogens (tertiary/aromatic N) is 2. The summed E-state index contributed by atoms with van der Waals surface area (Å²) in [5, 5.41) is 7.71. The lowest BCUT2D eigenvalue weighted by Gasteiger charge is -2.10. The summed E-state index contributed by atoms with van der Waals surface area (Å²) < 4.78 is 0. The molecule has 5 heteroatoms. The molecule has 0 saturated carbocycles. The summed E-state index contributed by atoms with van der Waals surface area (Å²) in [5.74, 6) is 0. The lowest BCUT2D eigenvalue weighted by Crippen LogP contribution is -2.37. The molecule has 0 bridgehead atoms. The van der Waals surface area contributed by atoms with Crippen molar-refractivity contribution in [2.75, 3.05) is 0 Å². The number of hydrogen-bond acceptors (Lipinski definition) is 3. The normalized spacial score (nSPS) is 11.4. The van der Waals surface area contributed by atoms with E-state index in [-0.39, 0.29) is 0 Å². The van der Waals surface area contributed by atoms with Crippen molar-refractivity contribution in [3.63, 3.8) is 0 Å². The highest BCUT2D eigenvalue weighted by Gasteiger charge is 1.99. The Hall–Kier alpha value is -1.49. The van der Waals surface area contributed by atoms with Crippen LogP contribution >= 0.6 is 12.2 Å². The molecule has 16 heavy (non-hydrogen) atoms. The van der Waals surface area contributed by atoms with Crippen molar-refractivity contribution in [2.24, 2.45) is 5.10 Å². The van der Waals surface area contributed by atoms with Crippen molar-refractivity contribution < 1.29 is 0 Å². The Bertz CT molecular complexity index is 373. The average molecular weight is 236 g/mol. The first-order valence-electron chi connectivity index (χ1n) is 5.12. The van der Waals surface area contributed by atoms with E-state index >= 15 is 0 Å². The third-order valence-electron chi connectivity index (χ3n) is 1.78. The highest BCUT2D eigenvalue weighted by Crippen LogP contribution is 1.95. The van der Waals surface area contributed by atoms with E-state index in [2.05, 4.69) is 20.8 Å². The minimum absolute atomic E-state index is 0.297. The van der Waals surface area contributed by atoms with Crippen molar-refractivity contribution in [2.45, 2.75) is 26.8 Å². The minimum Gasteiger partial charge on any atom is -0.359 e. The highest BCUT2D eigenvalue weighted by atomic mass is 32.1. The number of pyridine rings is 1. The molecular formula is C11H16N4S. The van der Waals surface area contributed by atoms with Gasteiger partial charge in [-0.2, -0.15) is 5.10 Å². The minimum atomic E-state index is 0.297. The van der Waals surface area contributed by atoms with Gasteiger partial charge in [0, 0.05) is 12.2 Å². The van der Waals surface area contributed by atoms with Crippen LogP contribution in [-0.2, 0) is 0 Å². The van der Waals surface area contributed by atoms with Crippen molar-refractivity contribution in [3.8, 4) is 0 Å². The molecule has 1 aromatic heterocycles. The van der Waals surface area contributed by atoms with Crippen molar-refractivity contribution in [1.82, 2.24) is 15.7 Å². The van der Waals surface area contributed by atoms with Crippen LogP contribution in [0.5, 0.6) is 0 Å². The second-order valence-corrected chi connectivity index (χ2v) is 4.06. The van der Waals surface area contributed by atoms with Crippen LogP contribution in [-0.4, -0.2) is 21.8 Å². The quantitative estimate of drug-likeness (QED) is 0.476. The summed E-state index contributed by atoms with van der Waals surface area (Å²) in [4.78, 5) is 4.18. The number of aromatic nitrogens is 1. The van der Waals surface area contributed by atoms with Crippen LogP contribution in [0.3, 0.4) is 0 Å². The van der Waals surface area contributed by atoms with Crippen LogP contribution in [0, 0.1) is 0 Å². The van der Waals surface area contributed by atoms with Gasteiger partial charge in [-0.3, -0.25) is 10.4 Å². The van der Waals surface area contributed by atoms with Crippen LogP contribution in [0.25, 0.3) is 0 Å². The summed E-state index contributed by atoms with van der Waals surface area (Å²) >= 11 is 5.05. The number of rotatable bonds is 3. The Morgan fingerprint density at radius 2 is 2.19 bits per heavy atom. The fourth-order valence-corrected chi connectivity index (χ4v) is 1.34. The van der Waals surface area contributed by atoms with Crippen LogP contribution in [0.15, 0.2) is 29.5 Å². The zero-order valence-electron chi connectivity index (χ0n) is 9.69. The molecule has 0 aliphatic rings. The van der Waals surface area contributed by atoms with Gasteiger partial charge in [0.1, 0.15) is 0 Å². The van der Waals surface area contributed by atoms with E-state index in [9.17, 15) is 0 Å². The predicted octanol–water partition coefficient (Wildman–Crippen LogP) is 1.68. The molecule has 0 atom stereocenters. The number of hydrogen-bond donors (Lipinski definition) is 2. The Morgan fingerprint density at radius 3 is 2.75 bits per heavy atom. The van der Waals surface area contributed by atoms with Crippen LogP contribution in [0.2, 0.25) is 0 Å². The molecule has 0 aromatic carbocycles. The van der Waals surface area contributed by atoms with Gasteiger partial charge in [-0.25, -0.2) is 0 Å². The standard InChI is InChI=1S/C11H16N4S/c1-8(2)13-11(16)15-14-9(3)10-6-4-5-7-12-10/h4-8H,1-3H3,(H2,13,15,16)/b14-9+. The first-order chi connectivity index (χ1) is 7.59. The number of hydrazone groups is 1. The zero-order valence-corrected chi connectivity index (χ0v) is 10.5. The molecule has 0 amide bonds. The van der Waals surface area contributed by atoms with E-state index in [1.807, 2.05) is 39.0 Å². The maximum Gasteiger partial charge on any atom is 0.187 e. The second-order valence-electron chi connectivity index (χ2n) is 3.65. The van der Waals surface area contributed by atoms with Crippen molar-refractivity contribution in [3.05, 3.63) is 30.1 Å². The topological polar surface area (TPSA) is 49.3 Å². The van der Waals surface area contributed by atoms with Gasteiger partial charge in [0.05, 0.1) is 11.4 Å². The van der Waals surface area contributed by atoms with E-state index in [0.29, 0.717) is 11.2 Å². The highest BCUT2D eigenvalue weighted by molar-refractivity contribution is 7.80. The van der Waals surface area contributed by atoms with Gasteiger partial charge in [0.15, 0.2) is 5.11 Å². The summed E-state index contributed by atoms with van der Waals surface area (Å²) in [5.41, 5.74) is 4.42. The molecule has 1 rings (SSSR count). The number of nitrogens with one attached hydrogen (secondary N) is 2. The van der Waals surface area contributed by atoms with Gasteiger partial charge in [-0.15, -0.1) is 0 Å². The second kappa shape index (κ2) is 6.17. The summed E-state index contributed by atoms with van der Waals surface area (Å²) in [7, 11) is 0. The molecule has 0 spiro atoms. The molecule has 0 unspecified atom stereocenters. The molecule has 1 heterocycles. The molecule has 0 saturated heterocycles. The fraction of sp³-hybridized carbons (Fsp3) is 0.364. The zero-order chi connectivity index (χ0) is 12.0. The van der Waals surface area contributed by atoms with Crippen molar-refractivity contribution in [1.29, 1.82) is 0 Å². The van der Waals surface area contributed by atoms with E-state index < -0.39 is 0 Å². The van der Waals surface area contributed by atoms with Crippen molar-refractivity contribution >= 4 is 23.0 Å². The maximum atomic E-state index is 5.05. The van der Waals surface area contributed by atoms with E-state index in [4.69, 9.17) is 12.2 Å². The van der Waals surface area contributed by atoms with Crippen LogP contribution in [0.4, 0.5) is 0 Å². The Morgan fingerprint density at radius 1 is 1.44 bits per heavy atom. The first kappa shape index (κ1) is 12.6. The predicted molar refractivity (Wildman–Crippen MR) is 70.5 cm³/mol. The molecule has 0 fully saturated rings. The Kier molecular flexibility index (Phi) is 4.85. The summed E-state index contributed by atoms with van der Waals surface area (Å²) in [6.45, 7) is 5.92. The third-order valence-corrected chi connectivity index (χ3v) is 1.99. The molecule has 1 aromatic rings. The molecule has 2 N–H and O–H groups in total. The van der Waals surface area contributed by atoms with Gasteiger partial charge in [-0.1, -0.05) is 6.07 Å². The SMILES string of the molecule is C/C(=N\NC(=S)NC(C)C)c1ccccn1. The van der Waals surface area contributed by atoms with Gasteiger partial charge >= 0.3 is 0 Å². The van der Waals surface area contributed by atoms with E-state index in [0.717, 1.165) is 11.4 Å². The Labute approximate surface area is 101 Å². The van der Waals surface area contributed by atoms with Gasteiger partial charge in [0.25, 0.3) is 0 Å². The molecule has 0 aliphatic carbocycles. The summed E-state index contributed by atoms with van der Waals surface area (Å²) in [6.07, 6.45) is 1.74. The van der Waals surface area contributed by atoms with Crippen LogP contribution in [0.1, 0.15) is 26.5 Å². The molecule has 0 aliphatic heterocycles. The maximum absolute atomic E-state index is 5.05. The van der Waals surface area contributed by atoms with Gasteiger partial charge < -0.3 is 5.32 Å². The molecule has 4 nitrogen and oxygen atoms in total. The molecule has 86 valence electrons. The first-order valence-corrected chi connectivity index (χ1v) is 5.52. The van der Waals surface area contributed by atoms with Gasteiger partial charge in [0.2, 0.25) is 0 Å². The summed E-state index contributed by atoms with van der Waals surface area (Å²) in [6, 6.07) is 5.99. The Balaban J connectivity index is 2.55. The van der Waals surface area contributed by atoms with Crippen LogP contribution < -0.4 is 10.7 Å². The molecule has 0 radical (unpaired) electrons. The smallest absolute Gasteiger partial charge is 0.187 e. The average Bonchev–Trinajstić information content (AvgIpc) is 2.26. The monoisotopic (exact) mass is 236 g/mol. The molecular weight excluding hydrogens is 220 g/mol.